The Balaban J connectivity index is 1.72. The molecule has 5 nitrogen and oxygen atoms in total. The van der Waals surface area contributed by atoms with Crippen molar-refractivity contribution in [3.63, 3.8) is 0 Å². The standard InChI is InChI=1S/C17H16FN3O2S/c1-10-19-13-5-4-12(23-9-18)8-14(13)21(10)16-7-6-15(24-16)17(22)20-11-2-3-11/h4-8,11H,2-3,9H2,1H3,(H,20,22). The number of thiophene rings is 1. The molecule has 1 N–H and O–H groups in total. The van der Waals surface area contributed by atoms with E-state index >= 15 is 0 Å². The summed E-state index contributed by atoms with van der Waals surface area (Å²) >= 11 is 1.41. The van der Waals surface area contributed by atoms with Crippen LogP contribution in [0.2, 0.25) is 0 Å². The largest absolute Gasteiger partial charge is 0.463 e. The molecule has 24 heavy (non-hydrogen) atoms. The minimum atomic E-state index is -0.872. The molecule has 0 saturated heterocycles. The highest BCUT2D eigenvalue weighted by Gasteiger charge is 2.24. The fourth-order valence-electron chi connectivity index (χ4n) is 2.66. The number of alkyl halides is 1. The second kappa shape index (κ2) is 5.90. The predicted octanol–water partition coefficient (Wildman–Crippen LogP) is 3.59. The number of amides is 1. The van der Waals surface area contributed by atoms with E-state index in [0.29, 0.717) is 16.7 Å². The lowest BCUT2D eigenvalue weighted by molar-refractivity contribution is 0.0955. The number of hydrogen-bond acceptors (Lipinski definition) is 4. The van der Waals surface area contributed by atoms with Crippen LogP contribution in [0.5, 0.6) is 5.75 Å². The van der Waals surface area contributed by atoms with Gasteiger partial charge in [-0.1, -0.05) is 0 Å². The highest BCUT2D eigenvalue weighted by atomic mass is 32.1. The zero-order chi connectivity index (χ0) is 16.7. The number of aryl methyl sites for hydroxylation is 1. The lowest BCUT2D eigenvalue weighted by Gasteiger charge is -2.05. The number of nitrogens with one attached hydrogen (secondary N) is 1. The van der Waals surface area contributed by atoms with Crippen LogP contribution in [0.4, 0.5) is 4.39 Å². The topological polar surface area (TPSA) is 56.2 Å². The Hall–Kier alpha value is -2.41. The van der Waals surface area contributed by atoms with Crippen molar-refractivity contribution in [3.8, 4) is 10.8 Å². The fraction of sp³-hybridized carbons (Fsp3) is 0.294. The molecule has 2 aromatic heterocycles. The molecule has 1 aromatic carbocycles. The third-order valence-electron chi connectivity index (χ3n) is 3.96. The van der Waals surface area contributed by atoms with Crippen molar-refractivity contribution in [2.45, 2.75) is 25.8 Å². The molecule has 0 atom stereocenters. The molecule has 1 fully saturated rings. The molecule has 4 rings (SSSR count). The first-order chi connectivity index (χ1) is 11.7. The highest BCUT2D eigenvalue weighted by molar-refractivity contribution is 7.16. The fourth-order valence-corrected chi connectivity index (χ4v) is 3.63. The lowest BCUT2D eigenvalue weighted by Crippen LogP contribution is -2.24. The van der Waals surface area contributed by atoms with Gasteiger partial charge in [-0.25, -0.2) is 9.37 Å². The third-order valence-corrected chi connectivity index (χ3v) is 5.03. The van der Waals surface area contributed by atoms with E-state index in [1.54, 1.807) is 18.2 Å². The van der Waals surface area contributed by atoms with E-state index in [9.17, 15) is 9.18 Å². The van der Waals surface area contributed by atoms with E-state index in [2.05, 4.69) is 10.3 Å². The number of fused-ring (bicyclic) bond motifs is 1. The molecular formula is C17H16FN3O2S. The molecule has 1 amide bonds. The minimum Gasteiger partial charge on any atom is -0.463 e. The van der Waals surface area contributed by atoms with Crippen LogP contribution in [0, 0.1) is 6.92 Å². The van der Waals surface area contributed by atoms with Gasteiger partial charge < -0.3 is 10.1 Å². The smallest absolute Gasteiger partial charge is 0.261 e. The summed E-state index contributed by atoms with van der Waals surface area (Å²) in [6.07, 6.45) is 2.12. The average Bonchev–Trinajstić information content (AvgIpc) is 3.12. The van der Waals surface area contributed by atoms with E-state index in [1.165, 1.54) is 11.3 Å². The van der Waals surface area contributed by atoms with Gasteiger partial charge in [0.15, 0.2) is 0 Å². The van der Waals surface area contributed by atoms with Crippen molar-refractivity contribution in [1.82, 2.24) is 14.9 Å². The summed E-state index contributed by atoms with van der Waals surface area (Å²) in [6.45, 7) is 1.03. The Labute approximate surface area is 142 Å². The number of benzene rings is 1. The number of carbonyl (C=O) groups is 1. The van der Waals surface area contributed by atoms with Crippen LogP contribution in [0.15, 0.2) is 30.3 Å². The lowest BCUT2D eigenvalue weighted by atomic mass is 10.3. The van der Waals surface area contributed by atoms with Gasteiger partial charge in [-0.3, -0.25) is 9.36 Å². The van der Waals surface area contributed by atoms with Gasteiger partial charge in [-0.2, -0.15) is 0 Å². The van der Waals surface area contributed by atoms with E-state index in [4.69, 9.17) is 4.74 Å². The van der Waals surface area contributed by atoms with Crippen LogP contribution in [-0.4, -0.2) is 28.4 Å². The summed E-state index contributed by atoms with van der Waals surface area (Å²) in [5, 5.41) is 3.89. The molecule has 7 heteroatoms. The molecule has 2 heterocycles. The summed E-state index contributed by atoms with van der Waals surface area (Å²) < 4.78 is 19.3. The molecule has 0 spiro atoms. The maximum atomic E-state index is 12.4. The highest BCUT2D eigenvalue weighted by Crippen LogP contribution is 2.30. The quantitative estimate of drug-likeness (QED) is 0.769. The normalized spacial score (nSPS) is 14.1. The number of aromatic nitrogens is 2. The molecule has 3 aromatic rings. The molecule has 0 radical (unpaired) electrons. The molecule has 1 saturated carbocycles. The summed E-state index contributed by atoms with van der Waals surface area (Å²) in [4.78, 5) is 17.4. The summed E-state index contributed by atoms with van der Waals surface area (Å²) in [5.41, 5.74) is 1.63. The van der Waals surface area contributed by atoms with Crippen LogP contribution in [0.1, 0.15) is 28.3 Å². The van der Waals surface area contributed by atoms with E-state index in [0.717, 1.165) is 34.7 Å². The second-order valence-corrected chi connectivity index (χ2v) is 6.85. The molecule has 124 valence electrons. The maximum absolute atomic E-state index is 12.4. The van der Waals surface area contributed by atoms with Gasteiger partial charge in [0.2, 0.25) is 6.86 Å². The van der Waals surface area contributed by atoms with Crippen LogP contribution in [0.25, 0.3) is 16.0 Å². The zero-order valence-electron chi connectivity index (χ0n) is 13.1. The van der Waals surface area contributed by atoms with Crippen LogP contribution >= 0.6 is 11.3 Å². The Morgan fingerprint density at radius 1 is 1.42 bits per heavy atom. The van der Waals surface area contributed by atoms with Crippen molar-refractivity contribution in [2.24, 2.45) is 0 Å². The van der Waals surface area contributed by atoms with E-state index in [1.807, 2.05) is 23.6 Å². The first-order valence-corrected chi connectivity index (χ1v) is 8.56. The van der Waals surface area contributed by atoms with E-state index in [-0.39, 0.29) is 5.91 Å². The zero-order valence-corrected chi connectivity index (χ0v) is 13.9. The Kier molecular flexibility index (Phi) is 3.72. The predicted molar refractivity (Wildman–Crippen MR) is 90.8 cm³/mol. The van der Waals surface area contributed by atoms with Gasteiger partial charge in [0.25, 0.3) is 5.91 Å². The van der Waals surface area contributed by atoms with Crippen LogP contribution in [-0.2, 0) is 0 Å². The molecule has 0 aliphatic heterocycles. The van der Waals surface area contributed by atoms with Gasteiger partial charge in [0.05, 0.1) is 15.9 Å². The summed E-state index contributed by atoms with van der Waals surface area (Å²) in [6, 6.07) is 9.33. The second-order valence-electron chi connectivity index (χ2n) is 5.78. The Morgan fingerprint density at radius 3 is 3.00 bits per heavy atom. The molecule has 0 bridgehead atoms. The first kappa shape index (κ1) is 15.1. The van der Waals surface area contributed by atoms with Gasteiger partial charge in [0.1, 0.15) is 16.6 Å². The van der Waals surface area contributed by atoms with Gasteiger partial charge in [0, 0.05) is 12.1 Å². The van der Waals surface area contributed by atoms with Crippen LogP contribution < -0.4 is 10.1 Å². The maximum Gasteiger partial charge on any atom is 0.261 e. The van der Waals surface area contributed by atoms with Crippen LogP contribution in [0.3, 0.4) is 0 Å². The minimum absolute atomic E-state index is 0.0303. The van der Waals surface area contributed by atoms with Crippen molar-refractivity contribution in [2.75, 3.05) is 6.86 Å². The Bertz CT molecular complexity index is 914. The third kappa shape index (κ3) is 2.75. The van der Waals surface area contributed by atoms with Gasteiger partial charge >= 0.3 is 0 Å². The first-order valence-electron chi connectivity index (χ1n) is 7.74. The summed E-state index contributed by atoms with van der Waals surface area (Å²) in [7, 11) is 0. The Morgan fingerprint density at radius 2 is 2.25 bits per heavy atom. The number of carbonyl (C=O) groups excluding carboxylic acids is 1. The molecule has 0 unspecified atom stereocenters. The number of nitrogens with zero attached hydrogens (tertiary/aromatic N) is 2. The van der Waals surface area contributed by atoms with Crippen molar-refractivity contribution < 1.29 is 13.9 Å². The van der Waals surface area contributed by atoms with Gasteiger partial charge in [-0.05, 0) is 44.0 Å². The molecule has 1 aliphatic carbocycles. The van der Waals surface area contributed by atoms with Crippen molar-refractivity contribution >= 4 is 28.3 Å². The van der Waals surface area contributed by atoms with Crippen molar-refractivity contribution in [3.05, 3.63) is 41.0 Å². The molecule has 1 aliphatic rings. The van der Waals surface area contributed by atoms with Crippen molar-refractivity contribution in [1.29, 1.82) is 0 Å². The number of ether oxygens (including phenoxy) is 1. The number of halogens is 1. The number of imidazole rings is 1. The SMILES string of the molecule is Cc1nc2ccc(OCF)cc2n1-c1ccc(C(=O)NC2CC2)s1. The average molecular weight is 345 g/mol. The number of hydrogen-bond donors (Lipinski definition) is 1. The molecular weight excluding hydrogens is 329 g/mol. The van der Waals surface area contributed by atoms with E-state index < -0.39 is 6.86 Å². The van der Waals surface area contributed by atoms with Gasteiger partial charge in [-0.15, -0.1) is 11.3 Å². The monoisotopic (exact) mass is 345 g/mol. The summed E-state index contributed by atoms with van der Waals surface area (Å²) in [5.74, 6) is 1.23. The number of rotatable bonds is 5.